The lowest BCUT2D eigenvalue weighted by atomic mass is 10.1. The van der Waals surface area contributed by atoms with E-state index in [0.29, 0.717) is 5.69 Å². The lowest BCUT2D eigenvalue weighted by Gasteiger charge is -2.08. The number of carbonyl (C=O) groups is 1. The Balaban J connectivity index is 1.84. The van der Waals surface area contributed by atoms with E-state index < -0.39 is 0 Å². The van der Waals surface area contributed by atoms with Crippen molar-refractivity contribution in [1.29, 1.82) is 0 Å². The molecule has 0 saturated carbocycles. The Hall–Kier alpha value is -2.07. The first-order valence-corrected chi connectivity index (χ1v) is 6.85. The molecule has 0 fully saturated rings. The number of nitrogens with two attached hydrogens (primary N) is 1. The van der Waals surface area contributed by atoms with Gasteiger partial charge in [0.25, 0.3) is 5.91 Å². The van der Waals surface area contributed by atoms with Crippen molar-refractivity contribution in [3.8, 4) is 0 Å². The summed E-state index contributed by atoms with van der Waals surface area (Å²) in [7, 11) is 0. The van der Waals surface area contributed by atoms with E-state index in [2.05, 4.69) is 16.4 Å². The Labute approximate surface area is 122 Å². The van der Waals surface area contributed by atoms with Crippen LogP contribution in [0.3, 0.4) is 0 Å². The first-order chi connectivity index (χ1) is 9.63. The van der Waals surface area contributed by atoms with Crippen LogP contribution >= 0.6 is 11.6 Å². The minimum absolute atomic E-state index is 0.151. The van der Waals surface area contributed by atoms with Gasteiger partial charge in [-0.1, -0.05) is 17.7 Å². The Kier molecular flexibility index (Phi) is 3.32. The molecule has 20 heavy (non-hydrogen) atoms. The largest absolute Gasteiger partial charge is 0.397 e. The van der Waals surface area contributed by atoms with Crippen LogP contribution in [0.15, 0.2) is 30.5 Å². The minimum Gasteiger partial charge on any atom is -0.397 e. The van der Waals surface area contributed by atoms with E-state index in [4.69, 9.17) is 17.3 Å². The number of anilines is 2. The fourth-order valence-electron chi connectivity index (χ4n) is 2.47. The molecule has 1 heterocycles. The molecule has 1 aromatic carbocycles. The van der Waals surface area contributed by atoms with Crippen molar-refractivity contribution >= 4 is 28.9 Å². The molecule has 0 saturated heterocycles. The molecule has 102 valence electrons. The van der Waals surface area contributed by atoms with Gasteiger partial charge in [-0.2, -0.15) is 0 Å². The molecule has 0 unspecified atom stereocenters. The van der Waals surface area contributed by atoms with Crippen molar-refractivity contribution in [2.75, 3.05) is 11.1 Å². The summed E-state index contributed by atoms with van der Waals surface area (Å²) in [6.45, 7) is 0. The van der Waals surface area contributed by atoms with E-state index >= 15 is 0 Å². The molecule has 2 aromatic rings. The molecule has 3 N–H and O–H groups in total. The molecule has 0 aliphatic heterocycles. The Bertz CT molecular complexity index is 685. The zero-order chi connectivity index (χ0) is 14.1. The SMILES string of the molecule is Nc1cnc(Cl)c(C(=O)Nc2ccc3c(c2)CCC3)c1. The van der Waals surface area contributed by atoms with Crippen molar-refractivity contribution in [2.45, 2.75) is 19.3 Å². The lowest BCUT2D eigenvalue weighted by molar-refractivity contribution is 0.102. The average molecular weight is 288 g/mol. The van der Waals surface area contributed by atoms with E-state index in [1.807, 2.05) is 12.1 Å². The normalized spacial score (nSPS) is 13.1. The highest BCUT2D eigenvalue weighted by Crippen LogP contribution is 2.25. The molecule has 0 spiro atoms. The van der Waals surface area contributed by atoms with Gasteiger partial charge in [0.05, 0.1) is 17.4 Å². The van der Waals surface area contributed by atoms with Gasteiger partial charge in [0, 0.05) is 5.69 Å². The predicted octanol–water partition coefficient (Wildman–Crippen LogP) is 3.06. The number of nitrogens with zero attached hydrogens (tertiary/aromatic N) is 1. The second-order valence-corrected chi connectivity index (χ2v) is 5.26. The zero-order valence-corrected chi connectivity index (χ0v) is 11.6. The van der Waals surface area contributed by atoms with Gasteiger partial charge < -0.3 is 11.1 Å². The molecule has 1 aliphatic rings. The predicted molar refractivity (Wildman–Crippen MR) is 80.1 cm³/mol. The number of aromatic nitrogens is 1. The summed E-state index contributed by atoms with van der Waals surface area (Å²) in [5.41, 5.74) is 9.77. The summed E-state index contributed by atoms with van der Waals surface area (Å²) in [4.78, 5) is 16.1. The van der Waals surface area contributed by atoms with Gasteiger partial charge in [-0.05, 0) is 48.6 Å². The van der Waals surface area contributed by atoms with Gasteiger partial charge in [0.2, 0.25) is 0 Å². The van der Waals surface area contributed by atoms with Gasteiger partial charge in [-0.3, -0.25) is 4.79 Å². The number of carbonyl (C=O) groups excluding carboxylic acids is 1. The van der Waals surface area contributed by atoms with Crippen molar-refractivity contribution < 1.29 is 4.79 Å². The molecule has 1 aromatic heterocycles. The lowest BCUT2D eigenvalue weighted by Crippen LogP contribution is -2.13. The maximum atomic E-state index is 12.2. The van der Waals surface area contributed by atoms with Gasteiger partial charge >= 0.3 is 0 Å². The van der Waals surface area contributed by atoms with Crippen LogP contribution in [0.4, 0.5) is 11.4 Å². The smallest absolute Gasteiger partial charge is 0.258 e. The van der Waals surface area contributed by atoms with E-state index in [-0.39, 0.29) is 16.6 Å². The molecule has 0 atom stereocenters. The minimum atomic E-state index is -0.298. The fraction of sp³-hybridized carbons (Fsp3) is 0.200. The number of aryl methyl sites for hydroxylation is 2. The third-order valence-electron chi connectivity index (χ3n) is 3.46. The Morgan fingerprint density at radius 2 is 2.05 bits per heavy atom. The molecular weight excluding hydrogens is 274 g/mol. The third kappa shape index (κ3) is 2.47. The first kappa shape index (κ1) is 12.9. The number of pyridine rings is 1. The van der Waals surface area contributed by atoms with Gasteiger partial charge in [0.1, 0.15) is 5.15 Å². The number of fused-ring (bicyclic) bond motifs is 1. The number of benzene rings is 1. The highest BCUT2D eigenvalue weighted by molar-refractivity contribution is 6.33. The Morgan fingerprint density at radius 1 is 1.25 bits per heavy atom. The summed E-state index contributed by atoms with van der Waals surface area (Å²) >= 11 is 5.92. The fourth-order valence-corrected chi connectivity index (χ4v) is 2.66. The summed E-state index contributed by atoms with van der Waals surface area (Å²) < 4.78 is 0. The maximum Gasteiger partial charge on any atom is 0.258 e. The summed E-state index contributed by atoms with van der Waals surface area (Å²) in [5.74, 6) is -0.298. The number of nitrogens with one attached hydrogen (secondary N) is 1. The summed E-state index contributed by atoms with van der Waals surface area (Å²) in [6.07, 6.45) is 4.79. The molecule has 5 heteroatoms. The zero-order valence-electron chi connectivity index (χ0n) is 10.8. The second-order valence-electron chi connectivity index (χ2n) is 4.90. The molecule has 3 rings (SSSR count). The number of nitrogen functional groups attached to an aromatic ring is 1. The van der Waals surface area contributed by atoms with E-state index in [9.17, 15) is 4.79 Å². The monoisotopic (exact) mass is 287 g/mol. The molecule has 4 nitrogen and oxygen atoms in total. The number of amides is 1. The number of halogens is 1. The summed E-state index contributed by atoms with van der Waals surface area (Å²) in [5, 5.41) is 2.99. The average Bonchev–Trinajstić information content (AvgIpc) is 2.89. The number of hydrogen-bond donors (Lipinski definition) is 2. The van der Waals surface area contributed by atoms with Crippen molar-refractivity contribution in [3.63, 3.8) is 0 Å². The topological polar surface area (TPSA) is 68.0 Å². The van der Waals surface area contributed by atoms with Crippen LogP contribution < -0.4 is 11.1 Å². The van der Waals surface area contributed by atoms with Crippen molar-refractivity contribution in [3.05, 3.63) is 52.3 Å². The maximum absolute atomic E-state index is 12.2. The standard InChI is InChI=1S/C15H14ClN3O/c16-14-13(7-11(17)8-18-14)15(20)19-12-5-4-9-2-1-3-10(9)6-12/h4-8H,1-3,17H2,(H,19,20). The van der Waals surface area contributed by atoms with Crippen LogP contribution in [-0.2, 0) is 12.8 Å². The first-order valence-electron chi connectivity index (χ1n) is 6.47. The number of hydrogen-bond acceptors (Lipinski definition) is 3. The van der Waals surface area contributed by atoms with Crippen LogP contribution in [0.5, 0.6) is 0 Å². The van der Waals surface area contributed by atoms with E-state index in [1.54, 1.807) is 0 Å². The van der Waals surface area contributed by atoms with Crippen LogP contribution in [0, 0.1) is 0 Å². The van der Waals surface area contributed by atoms with Gasteiger partial charge in [0.15, 0.2) is 0 Å². The molecule has 0 radical (unpaired) electrons. The van der Waals surface area contributed by atoms with E-state index in [0.717, 1.165) is 18.5 Å². The van der Waals surface area contributed by atoms with Crippen molar-refractivity contribution in [1.82, 2.24) is 4.98 Å². The van der Waals surface area contributed by atoms with Crippen molar-refractivity contribution in [2.24, 2.45) is 0 Å². The Morgan fingerprint density at radius 3 is 2.90 bits per heavy atom. The molecule has 1 amide bonds. The van der Waals surface area contributed by atoms with E-state index in [1.165, 1.54) is 29.8 Å². The highest BCUT2D eigenvalue weighted by atomic mass is 35.5. The molecular formula is C15H14ClN3O. The molecule has 0 bridgehead atoms. The van der Waals surface area contributed by atoms with Gasteiger partial charge in [-0.25, -0.2) is 4.98 Å². The summed E-state index contributed by atoms with van der Waals surface area (Å²) in [6, 6.07) is 7.53. The van der Waals surface area contributed by atoms with Crippen LogP contribution in [0.25, 0.3) is 0 Å². The quantitative estimate of drug-likeness (QED) is 0.834. The van der Waals surface area contributed by atoms with Crippen LogP contribution in [0.1, 0.15) is 27.9 Å². The number of rotatable bonds is 2. The highest BCUT2D eigenvalue weighted by Gasteiger charge is 2.15. The van der Waals surface area contributed by atoms with Gasteiger partial charge in [-0.15, -0.1) is 0 Å². The van der Waals surface area contributed by atoms with Crippen LogP contribution in [-0.4, -0.2) is 10.9 Å². The third-order valence-corrected chi connectivity index (χ3v) is 3.76. The van der Waals surface area contributed by atoms with Crippen LogP contribution in [0.2, 0.25) is 5.15 Å². The second kappa shape index (κ2) is 5.13. The molecule has 1 aliphatic carbocycles.